The SMILES string of the molecule is Fc1cccnc1C1(CNc2nnc(-c3ccccn3)s2)CC(F)C1. The van der Waals surface area contributed by atoms with E-state index in [0.717, 1.165) is 5.69 Å². The predicted octanol–water partition coefficient (Wildman–Crippen LogP) is 3.62. The van der Waals surface area contributed by atoms with Crippen LogP contribution in [0.25, 0.3) is 10.7 Å². The third-order valence-electron chi connectivity index (χ3n) is 4.37. The van der Waals surface area contributed by atoms with Crippen LogP contribution in [0.4, 0.5) is 13.9 Å². The number of rotatable bonds is 5. The maximum atomic E-state index is 14.1. The summed E-state index contributed by atoms with van der Waals surface area (Å²) in [5.41, 5.74) is 0.401. The van der Waals surface area contributed by atoms with Crippen molar-refractivity contribution < 1.29 is 8.78 Å². The van der Waals surface area contributed by atoms with Crippen molar-refractivity contribution >= 4 is 16.5 Å². The van der Waals surface area contributed by atoms with Crippen LogP contribution in [0.1, 0.15) is 18.5 Å². The summed E-state index contributed by atoms with van der Waals surface area (Å²) in [6.07, 6.45) is 2.80. The highest BCUT2D eigenvalue weighted by atomic mass is 32.1. The lowest BCUT2D eigenvalue weighted by molar-refractivity contribution is 0.0965. The van der Waals surface area contributed by atoms with Crippen LogP contribution in [-0.4, -0.2) is 32.9 Å². The Morgan fingerprint density at radius 2 is 1.96 bits per heavy atom. The molecular formula is C17H15F2N5S. The first-order valence-electron chi connectivity index (χ1n) is 7.90. The van der Waals surface area contributed by atoms with Gasteiger partial charge < -0.3 is 5.32 Å². The van der Waals surface area contributed by atoms with Crippen LogP contribution in [0, 0.1) is 5.82 Å². The van der Waals surface area contributed by atoms with E-state index in [9.17, 15) is 8.78 Å². The largest absolute Gasteiger partial charge is 0.359 e. The highest BCUT2D eigenvalue weighted by Gasteiger charge is 2.48. The van der Waals surface area contributed by atoms with Gasteiger partial charge in [-0.15, -0.1) is 10.2 Å². The highest BCUT2D eigenvalue weighted by Crippen LogP contribution is 2.45. The molecule has 0 aromatic carbocycles. The summed E-state index contributed by atoms with van der Waals surface area (Å²) < 4.78 is 27.7. The maximum absolute atomic E-state index is 14.1. The molecule has 3 aromatic rings. The number of nitrogens with one attached hydrogen (secondary N) is 1. The quantitative estimate of drug-likeness (QED) is 0.754. The van der Waals surface area contributed by atoms with E-state index in [0.29, 0.717) is 22.4 Å². The standard InChI is InChI=1S/C17H15F2N5S/c18-11-8-17(9-11,14-12(19)4-3-7-21-14)10-22-16-24-23-15(25-16)13-5-1-2-6-20-13/h1-7,11H,8-10H2,(H,22,24). The number of pyridine rings is 2. The Morgan fingerprint density at radius 1 is 1.12 bits per heavy atom. The average molecular weight is 359 g/mol. The number of halogens is 2. The van der Waals surface area contributed by atoms with E-state index in [4.69, 9.17) is 0 Å². The fourth-order valence-electron chi connectivity index (χ4n) is 3.12. The Labute approximate surface area is 147 Å². The fraction of sp³-hybridized carbons (Fsp3) is 0.294. The Kier molecular flexibility index (Phi) is 4.12. The number of anilines is 1. The molecule has 0 amide bonds. The molecule has 8 heteroatoms. The molecule has 0 atom stereocenters. The van der Waals surface area contributed by atoms with E-state index in [1.165, 1.54) is 29.7 Å². The van der Waals surface area contributed by atoms with Crippen molar-refractivity contribution in [3.8, 4) is 10.7 Å². The van der Waals surface area contributed by atoms with Gasteiger partial charge in [0.25, 0.3) is 0 Å². The molecule has 0 bridgehead atoms. The first kappa shape index (κ1) is 16.0. The Bertz CT molecular complexity index is 864. The molecule has 0 radical (unpaired) electrons. The van der Waals surface area contributed by atoms with E-state index in [-0.39, 0.29) is 12.8 Å². The van der Waals surface area contributed by atoms with Gasteiger partial charge in [-0.2, -0.15) is 0 Å². The van der Waals surface area contributed by atoms with Crippen molar-refractivity contribution in [2.75, 3.05) is 11.9 Å². The molecule has 3 aromatic heterocycles. The minimum Gasteiger partial charge on any atom is -0.359 e. The van der Waals surface area contributed by atoms with Crippen LogP contribution in [0.5, 0.6) is 0 Å². The third kappa shape index (κ3) is 3.09. The zero-order valence-corrected chi connectivity index (χ0v) is 14.0. The molecule has 1 fully saturated rings. The summed E-state index contributed by atoms with van der Waals surface area (Å²) in [5.74, 6) is -0.400. The van der Waals surface area contributed by atoms with E-state index in [1.54, 1.807) is 6.20 Å². The van der Waals surface area contributed by atoms with Gasteiger partial charge in [0.05, 0.1) is 5.69 Å². The number of aromatic nitrogens is 4. The van der Waals surface area contributed by atoms with Gasteiger partial charge in [-0.05, 0) is 37.1 Å². The molecule has 1 N–H and O–H groups in total. The summed E-state index contributed by atoms with van der Waals surface area (Å²) in [6.45, 7) is 0.359. The molecule has 1 aliphatic carbocycles. The van der Waals surface area contributed by atoms with Crippen LogP contribution in [0.15, 0.2) is 42.7 Å². The lowest BCUT2D eigenvalue weighted by Gasteiger charge is -2.43. The van der Waals surface area contributed by atoms with Crippen molar-refractivity contribution in [1.82, 2.24) is 20.2 Å². The second kappa shape index (κ2) is 6.44. The molecule has 1 saturated carbocycles. The lowest BCUT2D eigenvalue weighted by Crippen LogP contribution is -2.48. The van der Waals surface area contributed by atoms with Crippen LogP contribution >= 0.6 is 11.3 Å². The minimum atomic E-state index is -0.929. The molecule has 0 spiro atoms. The monoisotopic (exact) mass is 359 g/mol. The summed E-state index contributed by atoms with van der Waals surface area (Å²) in [5, 5.41) is 12.7. The van der Waals surface area contributed by atoms with Gasteiger partial charge in [0.1, 0.15) is 17.7 Å². The number of nitrogens with zero attached hydrogens (tertiary/aromatic N) is 4. The lowest BCUT2D eigenvalue weighted by atomic mass is 9.65. The van der Waals surface area contributed by atoms with E-state index >= 15 is 0 Å². The third-order valence-corrected chi connectivity index (χ3v) is 5.28. The first-order chi connectivity index (χ1) is 12.2. The van der Waals surface area contributed by atoms with E-state index in [2.05, 4.69) is 25.5 Å². The number of hydrogen-bond donors (Lipinski definition) is 1. The second-order valence-electron chi connectivity index (χ2n) is 6.10. The molecule has 4 rings (SSSR count). The van der Waals surface area contributed by atoms with Crippen molar-refractivity contribution in [3.05, 3.63) is 54.2 Å². The normalized spacial score (nSPS) is 22.4. The fourth-order valence-corrected chi connectivity index (χ4v) is 3.83. The zero-order chi connectivity index (χ0) is 17.3. The average Bonchev–Trinajstić information content (AvgIpc) is 3.08. The highest BCUT2D eigenvalue weighted by molar-refractivity contribution is 7.18. The molecular weight excluding hydrogens is 344 g/mol. The molecule has 5 nitrogen and oxygen atoms in total. The Balaban J connectivity index is 1.52. The molecule has 1 aliphatic rings. The molecule has 0 aliphatic heterocycles. The minimum absolute atomic E-state index is 0.250. The molecule has 0 unspecified atom stereocenters. The van der Waals surface area contributed by atoms with Crippen LogP contribution < -0.4 is 5.32 Å². The van der Waals surface area contributed by atoms with Gasteiger partial charge in [-0.1, -0.05) is 17.4 Å². The van der Waals surface area contributed by atoms with Crippen LogP contribution in [-0.2, 0) is 5.41 Å². The summed E-state index contributed by atoms with van der Waals surface area (Å²) in [6, 6.07) is 8.47. The summed E-state index contributed by atoms with van der Waals surface area (Å²) in [7, 11) is 0. The van der Waals surface area contributed by atoms with Crippen molar-refractivity contribution in [3.63, 3.8) is 0 Å². The number of alkyl halides is 1. The topological polar surface area (TPSA) is 63.6 Å². The first-order valence-corrected chi connectivity index (χ1v) is 8.72. The van der Waals surface area contributed by atoms with Crippen LogP contribution in [0.2, 0.25) is 0 Å². The van der Waals surface area contributed by atoms with Gasteiger partial charge in [0.15, 0.2) is 5.01 Å². The second-order valence-corrected chi connectivity index (χ2v) is 7.08. The van der Waals surface area contributed by atoms with Gasteiger partial charge in [0.2, 0.25) is 5.13 Å². The van der Waals surface area contributed by atoms with Gasteiger partial charge >= 0.3 is 0 Å². The summed E-state index contributed by atoms with van der Waals surface area (Å²) >= 11 is 1.36. The van der Waals surface area contributed by atoms with Crippen molar-refractivity contribution in [2.24, 2.45) is 0 Å². The maximum Gasteiger partial charge on any atom is 0.206 e. The van der Waals surface area contributed by atoms with Crippen LogP contribution in [0.3, 0.4) is 0 Å². The molecule has 25 heavy (non-hydrogen) atoms. The molecule has 0 saturated heterocycles. The summed E-state index contributed by atoms with van der Waals surface area (Å²) in [4.78, 5) is 8.39. The molecule has 128 valence electrons. The Hall–Kier alpha value is -2.48. The van der Waals surface area contributed by atoms with Gasteiger partial charge in [-0.3, -0.25) is 9.97 Å². The zero-order valence-electron chi connectivity index (χ0n) is 13.2. The number of hydrogen-bond acceptors (Lipinski definition) is 6. The smallest absolute Gasteiger partial charge is 0.206 e. The van der Waals surface area contributed by atoms with Crippen molar-refractivity contribution in [2.45, 2.75) is 24.4 Å². The van der Waals surface area contributed by atoms with E-state index < -0.39 is 17.4 Å². The van der Waals surface area contributed by atoms with E-state index in [1.807, 2.05) is 18.2 Å². The van der Waals surface area contributed by atoms with Crippen molar-refractivity contribution in [1.29, 1.82) is 0 Å². The van der Waals surface area contributed by atoms with Gasteiger partial charge in [-0.25, -0.2) is 8.78 Å². The van der Waals surface area contributed by atoms with Gasteiger partial charge in [0, 0.05) is 24.4 Å². The predicted molar refractivity (Wildman–Crippen MR) is 91.6 cm³/mol. The Morgan fingerprint density at radius 3 is 2.68 bits per heavy atom. The molecule has 3 heterocycles.